The normalized spacial score (nSPS) is 14.1. The minimum Gasteiger partial charge on any atom is -0.325 e. The minimum atomic E-state index is -0.312. The second-order valence-electron chi connectivity index (χ2n) is 5.31. The lowest BCUT2D eigenvalue weighted by Crippen LogP contribution is -2.17. The van der Waals surface area contributed by atoms with Gasteiger partial charge in [-0.2, -0.15) is 5.26 Å². The Kier molecular flexibility index (Phi) is 3.81. The molecular weight excluding hydrogens is 284 g/mol. The average Bonchev–Trinajstić information content (AvgIpc) is 2.71. The van der Waals surface area contributed by atoms with Crippen LogP contribution in [0.3, 0.4) is 0 Å². The van der Waals surface area contributed by atoms with Crippen LogP contribution in [0.25, 0.3) is 11.1 Å². The molecule has 3 nitrogen and oxygen atoms in total. The molecular formula is C17H15ClN2O. The summed E-state index contributed by atoms with van der Waals surface area (Å²) in [7, 11) is 0. The van der Waals surface area contributed by atoms with Gasteiger partial charge in [0.25, 0.3) is 5.56 Å². The summed E-state index contributed by atoms with van der Waals surface area (Å²) in [5, 5.41) is 9.99. The first-order valence-electron chi connectivity index (χ1n) is 7.15. The van der Waals surface area contributed by atoms with E-state index in [1.807, 2.05) is 18.2 Å². The van der Waals surface area contributed by atoms with Crippen LogP contribution < -0.4 is 5.56 Å². The highest BCUT2D eigenvalue weighted by molar-refractivity contribution is 6.33. The number of nitrogens with zero attached hydrogens (tertiary/aromatic N) is 1. The standard InChI is InChI=1S/C17H15ClN2O/c18-14-8-5-4-6-11(14)16-12-7-2-1-3-9-15(12)20-17(21)13(16)10-19/h4-6,8H,1-3,7,9H2,(H,20,21). The van der Waals surface area contributed by atoms with Crippen LogP contribution in [0.5, 0.6) is 0 Å². The van der Waals surface area contributed by atoms with Crippen molar-refractivity contribution in [3.8, 4) is 17.2 Å². The molecule has 1 aliphatic carbocycles. The van der Waals surface area contributed by atoms with E-state index in [4.69, 9.17) is 11.6 Å². The smallest absolute Gasteiger partial charge is 0.266 e. The lowest BCUT2D eigenvalue weighted by atomic mass is 9.92. The Morgan fingerprint density at radius 1 is 1.14 bits per heavy atom. The first-order valence-corrected chi connectivity index (χ1v) is 7.53. The number of H-pyrrole nitrogens is 1. The first-order chi connectivity index (χ1) is 10.2. The molecule has 2 aromatic rings. The third-order valence-electron chi connectivity index (χ3n) is 4.02. The van der Waals surface area contributed by atoms with Crippen LogP contribution in [-0.4, -0.2) is 4.98 Å². The number of hydrogen-bond acceptors (Lipinski definition) is 2. The van der Waals surface area contributed by atoms with E-state index in [1.165, 1.54) is 0 Å². The molecule has 1 N–H and O–H groups in total. The van der Waals surface area contributed by atoms with Crippen LogP contribution in [0.2, 0.25) is 5.02 Å². The van der Waals surface area contributed by atoms with Gasteiger partial charge in [0.05, 0.1) is 0 Å². The van der Waals surface area contributed by atoms with Crippen LogP contribution >= 0.6 is 11.6 Å². The first kappa shape index (κ1) is 13.9. The monoisotopic (exact) mass is 298 g/mol. The highest BCUT2D eigenvalue weighted by atomic mass is 35.5. The Bertz CT molecular complexity index is 786. The molecule has 0 saturated heterocycles. The highest BCUT2D eigenvalue weighted by Gasteiger charge is 2.21. The van der Waals surface area contributed by atoms with Crippen LogP contribution in [0.1, 0.15) is 36.1 Å². The van der Waals surface area contributed by atoms with Gasteiger partial charge in [0.15, 0.2) is 0 Å². The number of pyridine rings is 1. The van der Waals surface area contributed by atoms with Crippen LogP contribution in [0.4, 0.5) is 0 Å². The van der Waals surface area contributed by atoms with E-state index in [-0.39, 0.29) is 11.1 Å². The van der Waals surface area contributed by atoms with Crippen molar-refractivity contribution >= 4 is 11.6 Å². The molecule has 0 saturated carbocycles. The summed E-state index contributed by atoms with van der Waals surface area (Å²) in [6, 6.07) is 9.46. The second-order valence-corrected chi connectivity index (χ2v) is 5.72. The number of aromatic amines is 1. The van der Waals surface area contributed by atoms with Gasteiger partial charge in [-0.15, -0.1) is 0 Å². The van der Waals surface area contributed by atoms with Crippen molar-refractivity contribution in [1.29, 1.82) is 5.26 Å². The fourth-order valence-electron chi connectivity index (χ4n) is 3.03. The van der Waals surface area contributed by atoms with Crippen molar-refractivity contribution in [1.82, 2.24) is 4.98 Å². The zero-order valence-corrected chi connectivity index (χ0v) is 12.3. The molecule has 4 heteroatoms. The quantitative estimate of drug-likeness (QED) is 0.813. The summed E-state index contributed by atoms with van der Waals surface area (Å²) < 4.78 is 0. The summed E-state index contributed by atoms with van der Waals surface area (Å²) in [6.45, 7) is 0. The Morgan fingerprint density at radius 3 is 2.67 bits per heavy atom. The highest BCUT2D eigenvalue weighted by Crippen LogP contribution is 2.35. The molecule has 0 aliphatic heterocycles. The van der Waals surface area contributed by atoms with Crippen LogP contribution in [0.15, 0.2) is 29.1 Å². The molecule has 3 rings (SSSR count). The fraction of sp³-hybridized carbons (Fsp3) is 0.294. The fourth-order valence-corrected chi connectivity index (χ4v) is 3.26. The van der Waals surface area contributed by atoms with E-state index in [9.17, 15) is 10.1 Å². The Hall–Kier alpha value is -2.05. The van der Waals surface area contributed by atoms with Crippen molar-refractivity contribution in [3.63, 3.8) is 0 Å². The lowest BCUT2D eigenvalue weighted by molar-refractivity contribution is 0.708. The minimum absolute atomic E-state index is 0.170. The number of hydrogen-bond donors (Lipinski definition) is 1. The SMILES string of the molecule is N#Cc1c(-c2ccccc2Cl)c2c([nH]c1=O)CCCCC2. The van der Waals surface area contributed by atoms with E-state index in [0.717, 1.165) is 54.5 Å². The molecule has 1 aromatic heterocycles. The van der Waals surface area contributed by atoms with Crippen molar-refractivity contribution in [2.75, 3.05) is 0 Å². The molecule has 0 fully saturated rings. The van der Waals surface area contributed by atoms with Gasteiger partial charge in [-0.05, 0) is 37.3 Å². The van der Waals surface area contributed by atoms with E-state index in [1.54, 1.807) is 6.07 Å². The number of halogens is 1. The third kappa shape index (κ3) is 2.48. The van der Waals surface area contributed by atoms with E-state index in [0.29, 0.717) is 5.02 Å². The molecule has 21 heavy (non-hydrogen) atoms. The third-order valence-corrected chi connectivity index (χ3v) is 4.35. The summed E-state index contributed by atoms with van der Waals surface area (Å²) in [5.41, 5.74) is 3.41. The van der Waals surface area contributed by atoms with Gasteiger partial charge in [-0.25, -0.2) is 0 Å². The number of benzene rings is 1. The maximum atomic E-state index is 12.2. The van der Waals surface area contributed by atoms with Crippen molar-refractivity contribution in [2.45, 2.75) is 32.1 Å². The van der Waals surface area contributed by atoms with E-state index < -0.39 is 0 Å². The van der Waals surface area contributed by atoms with Gasteiger partial charge >= 0.3 is 0 Å². The summed E-state index contributed by atoms with van der Waals surface area (Å²) in [6.07, 6.45) is 5.01. The zero-order chi connectivity index (χ0) is 14.8. The Labute approximate surface area is 128 Å². The van der Waals surface area contributed by atoms with Gasteiger partial charge in [0.1, 0.15) is 11.6 Å². The lowest BCUT2D eigenvalue weighted by Gasteiger charge is -2.15. The molecule has 1 heterocycles. The number of aryl methyl sites for hydroxylation is 1. The predicted octanol–water partition coefficient (Wildman–Crippen LogP) is 3.84. The molecule has 0 atom stereocenters. The van der Waals surface area contributed by atoms with Gasteiger partial charge < -0.3 is 4.98 Å². The number of fused-ring (bicyclic) bond motifs is 1. The average molecular weight is 299 g/mol. The molecule has 0 unspecified atom stereocenters. The molecule has 0 bridgehead atoms. The number of aromatic nitrogens is 1. The Balaban J connectivity index is 2.37. The van der Waals surface area contributed by atoms with Crippen LogP contribution in [0, 0.1) is 11.3 Å². The predicted molar refractivity (Wildman–Crippen MR) is 83.5 cm³/mol. The molecule has 1 aliphatic rings. The zero-order valence-electron chi connectivity index (χ0n) is 11.6. The largest absolute Gasteiger partial charge is 0.325 e. The van der Waals surface area contributed by atoms with Gasteiger partial charge in [-0.3, -0.25) is 4.79 Å². The molecule has 1 aromatic carbocycles. The molecule has 106 valence electrons. The van der Waals surface area contributed by atoms with Crippen LogP contribution in [-0.2, 0) is 12.8 Å². The maximum Gasteiger partial charge on any atom is 0.266 e. The summed E-state index contributed by atoms with van der Waals surface area (Å²) in [4.78, 5) is 15.1. The van der Waals surface area contributed by atoms with Crippen molar-refractivity contribution < 1.29 is 0 Å². The second kappa shape index (κ2) is 5.75. The van der Waals surface area contributed by atoms with Crippen molar-refractivity contribution in [2.24, 2.45) is 0 Å². The summed E-state index contributed by atoms with van der Waals surface area (Å²) >= 11 is 6.30. The molecule has 0 amide bonds. The molecule has 0 spiro atoms. The van der Waals surface area contributed by atoms with Gasteiger partial charge in [-0.1, -0.05) is 36.2 Å². The maximum absolute atomic E-state index is 12.2. The number of nitriles is 1. The van der Waals surface area contributed by atoms with Gasteiger partial charge in [0, 0.05) is 21.8 Å². The van der Waals surface area contributed by atoms with Crippen molar-refractivity contribution in [3.05, 3.63) is 56.5 Å². The topological polar surface area (TPSA) is 56.6 Å². The number of nitrogens with one attached hydrogen (secondary N) is 1. The van der Waals surface area contributed by atoms with Gasteiger partial charge in [0.2, 0.25) is 0 Å². The van der Waals surface area contributed by atoms with E-state index in [2.05, 4.69) is 11.1 Å². The summed E-state index contributed by atoms with van der Waals surface area (Å²) in [5.74, 6) is 0. The Morgan fingerprint density at radius 2 is 1.90 bits per heavy atom. The van der Waals surface area contributed by atoms with E-state index >= 15 is 0 Å². The molecule has 0 radical (unpaired) electrons. The number of rotatable bonds is 1.